The first-order chi connectivity index (χ1) is 16.3. The molecule has 34 heavy (non-hydrogen) atoms. The molecule has 0 saturated carbocycles. The van der Waals surface area contributed by atoms with Gasteiger partial charge in [-0.25, -0.2) is 9.48 Å². The van der Waals surface area contributed by atoms with E-state index in [0.717, 1.165) is 21.7 Å². The number of aromatic nitrogens is 2. The van der Waals surface area contributed by atoms with Gasteiger partial charge in [-0.05, 0) is 55.1 Å². The molecule has 0 fully saturated rings. The van der Waals surface area contributed by atoms with Gasteiger partial charge in [-0.2, -0.15) is 5.10 Å². The molecule has 0 spiro atoms. The Balaban J connectivity index is 1.67. The molecule has 4 rings (SSSR count). The van der Waals surface area contributed by atoms with Gasteiger partial charge >= 0.3 is 5.97 Å². The van der Waals surface area contributed by atoms with E-state index in [0.29, 0.717) is 32.9 Å². The first-order valence-electron chi connectivity index (χ1n) is 10.2. The lowest BCUT2D eigenvalue weighted by molar-refractivity contribution is -0.143. The number of carbonyl (C=O) groups is 1. The van der Waals surface area contributed by atoms with E-state index in [1.54, 1.807) is 46.4 Å². The van der Waals surface area contributed by atoms with Crippen LogP contribution in [-0.4, -0.2) is 21.6 Å². The van der Waals surface area contributed by atoms with Crippen molar-refractivity contribution < 1.29 is 9.63 Å². The second-order valence-electron chi connectivity index (χ2n) is 7.36. The number of oxime groups is 1. The molecule has 0 bridgehead atoms. The second-order valence-corrected chi connectivity index (χ2v) is 9.67. The van der Waals surface area contributed by atoms with Crippen molar-refractivity contribution in [1.82, 2.24) is 9.78 Å². The van der Waals surface area contributed by atoms with Gasteiger partial charge in [-0.1, -0.05) is 58.2 Å². The first kappa shape index (κ1) is 24.3. The Morgan fingerprint density at radius 2 is 1.85 bits per heavy atom. The Labute approximate surface area is 215 Å². The molecule has 2 N–H and O–H groups in total. The summed E-state index contributed by atoms with van der Waals surface area (Å²) >= 11 is 20.2. The molecule has 4 aromatic rings. The number of carbonyl (C=O) groups excluding carboxylic acids is 1. The molecule has 6 nitrogen and oxygen atoms in total. The quantitative estimate of drug-likeness (QED) is 0.124. The summed E-state index contributed by atoms with van der Waals surface area (Å²) in [5.41, 5.74) is 9.45. The van der Waals surface area contributed by atoms with Crippen LogP contribution in [0.5, 0.6) is 0 Å². The molecule has 0 radical (unpaired) electrons. The Morgan fingerprint density at radius 3 is 2.53 bits per heavy atom. The normalized spacial score (nSPS) is 11.6. The van der Waals surface area contributed by atoms with Crippen molar-refractivity contribution in [3.05, 3.63) is 91.2 Å². The highest BCUT2D eigenvalue weighted by atomic mass is 35.5. The highest BCUT2D eigenvalue weighted by Gasteiger charge is 2.22. The van der Waals surface area contributed by atoms with E-state index in [9.17, 15) is 4.79 Å². The Bertz CT molecular complexity index is 1350. The molecule has 0 aliphatic heterocycles. The summed E-state index contributed by atoms with van der Waals surface area (Å²) in [6.45, 7) is 1.85. The number of hydrogen-bond acceptors (Lipinski definition) is 5. The van der Waals surface area contributed by atoms with Crippen molar-refractivity contribution in [2.24, 2.45) is 10.9 Å². The van der Waals surface area contributed by atoms with Crippen molar-refractivity contribution in [3.8, 4) is 16.9 Å². The van der Waals surface area contributed by atoms with Crippen LogP contribution in [0.15, 0.2) is 65.1 Å². The van der Waals surface area contributed by atoms with E-state index in [4.69, 9.17) is 45.4 Å². The molecule has 2 aromatic heterocycles. The fraction of sp³-hybridized carbons (Fsp3) is 0.125. The maximum absolute atomic E-state index is 12.1. The van der Waals surface area contributed by atoms with Crippen LogP contribution in [0.3, 0.4) is 0 Å². The summed E-state index contributed by atoms with van der Waals surface area (Å²) in [6, 6.07) is 16.3. The molecule has 2 heterocycles. The predicted molar refractivity (Wildman–Crippen MR) is 138 cm³/mol. The highest BCUT2D eigenvalue weighted by molar-refractivity contribution is 7.09. The molecule has 0 amide bonds. The fourth-order valence-electron chi connectivity index (χ4n) is 3.38. The SMILES string of the molecule is Cc1c(/C(N)=N/OC(=O)CCc2cccs2)nn(-c2ccc(Cl)cc2Cl)c1-c1ccc(Cl)cc1. The van der Waals surface area contributed by atoms with Crippen LogP contribution in [0.2, 0.25) is 15.1 Å². The standard InChI is InChI=1S/C24H19Cl3N4O2S/c1-14-22(24(28)30-33-21(32)11-9-18-3-2-12-34-18)29-31(20-10-8-17(26)13-19(20)27)23(14)15-4-6-16(25)7-5-15/h2-8,10,12-13H,9,11H2,1H3,(H2,28,30). The third-order valence-electron chi connectivity index (χ3n) is 5.02. The second kappa shape index (κ2) is 10.6. The smallest absolute Gasteiger partial charge is 0.335 e. The lowest BCUT2D eigenvalue weighted by Crippen LogP contribution is -2.17. The van der Waals surface area contributed by atoms with E-state index in [-0.39, 0.29) is 12.3 Å². The van der Waals surface area contributed by atoms with Gasteiger partial charge in [0.1, 0.15) is 5.69 Å². The van der Waals surface area contributed by atoms with Crippen molar-refractivity contribution in [2.75, 3.05) is 0 Å². The number of amidine groups is 1. The minimum Gasteiger partial charge on any atom is -0.379 e. The van der Waals surface area contributed by atoms with Crippen molar-refractivity contribution in [1.29, 1.82) is 0 Å². The Morgan fingerprint density at radius 1 is 1.12 bits per heavy atom. The van der Waals surface area contributed by atoms with Gasteiger partial charge in [0, 0.05) is 26.0 Å². The number of rotatable bonds is 7. The van der Waals surface area contributed by atoms with E-state index < -0.39 is 5.97 Å². The number of benzene rings is 2. The van der Waals surface area contributed by atoms with Crippen LogP contribution in [0.25, 0.3) is 16.9 Å². The zero-order chi connectivity index (χ0) is 24.2. The zero-order valence-electron chi connectivity index (χ0n) is 18.0. The molecule has 174 valence electrons. The maximum Gasteiger partial charge on any atom is 0.335 e. The van der Waals surface area contributed by atoms with Crippen molar-refractivity contribution in [3.63, 3.8) is 0 Å². The van der Waals surface area contributed by atoms with Crippen LogP contribution in [0, 0.1) is 6.92 Å². The molecule has 10 heteroatoms. The number of hydrogen-bond donors (Lipinski definition) is 1. The van der Waals surface area contributed by atoms with E-state index >= 15 is 0 Å². The first-order valence-corrected chi connectivity index (χ1v) is 12.2. The van der Waals surface area contributed by atoms with Crippen LogP contribution < -0.4 is 5.73 Å². The summed E-state index contributed by atoms with van der Waals surface area (Å²) in [7, 11) is 0. The molecule has 0 atom stereocenters. The third-order valence-corrected chi connectivity index (χ3v) is 6.75. The summed E-state index contributed by atoms with van der Waals surface area (Å²) < 4.78 is 1.66. The molecule has 2 aromatic carbocycles. The van der Waals surface area contributed by atoms with E-state index in [2.05, 4.69) is 10.3 Å². The summed E-state index contributed by atoms with van der Waals surface area (Å²) in [5, 5.41) is 12.0. The Hall–Kier alpha value is -2.84. The predicted octanol–water partition coefficient (Wildman–Crippen LogP) is 6.67. The van der Waals surface area contributed by atoms with Gasteiger partial charge in [0.2, 0.25) is 0 Å². The van der Waals surface area contributed by atoms with Crippen molar-refractivity contribution in [2.45, 2.75) is 19.8 Å². The number of nitrogens with zero attached hydrogens (tertiary/aromatic N) is 3. The maximum atomic E-state index is 12.1. The molecule has 0 saturated heterocycles. The van der Waals surface area contributed by atoms with Gasteiger partial charge < -0.3 is 10.6 Å². The molecule has 0 aliphatic carbocycles. The minimum absolute atomic E-state index is 0.0268. The number of halogens is 3. The lowest BCUT2D eigenvalue weighted by atomic mass is 10.1. The third kappa shape index (κ3) is 5.45. The highest BCUT2D eigenvalue weighted by Crippen LogP contribution is 2.33. The van der Waals surface area contributed by atoms with E-state index in [1.807, 2.05) is 36.6 Å². The molecule has 0 aliphatic rings. The average Bonchev–Trinajstić information content (AvgIpc) is 3.45. The number of aryl methyl sites for hydroxylation is 1. The number of nitrogens with two attached hydrogens (primary N) is 1. The molecule has 0 unspecified atom stereocenters. The average molecular weight is 534 g/mol. The van der Waals surface area contributed by atoms with Crippen LogP contribution in [0.1, 0.15) is 22.6 Å². The summed E-state index contributed by atoms with van der Waals surface area (Å²) in [6.07, 6.45) is 0.774. The monoisotopic (exact) mass is 532 g/mol. The van der Waals surface area contributed by atoms with Crippen LogP contribution in [0.4, 0.5) is 0 Å². The van der Waals surface area contributed by atoms with Crippen molar-refractivity contribution >= 4 is 57.9 Å². The molecular weight excluding hydrogens is 515 g/mol. The van der Waals surface area contributed by atoms with Crippen LogP contribution >= 0.6 is 46.1 Å². The zero-order valence-corrected chi connectivity index (χ0v) is 21.0. The van der Waals surface area contributed by atoms with E-state index in [1.165, 1.54) is 0 Å². The van der Waals surface area contributed by atoms with Gasteiger partial charge in [0.15, 0.2) is 5.84 Å². The lowest BCUT2D eigenvalue weighted by Gasteiger charge is -2.11. The topological polar surface area (TPSA) is 82.5 Å². The van der Waals surface area contributed by atoms with Gasteiger partial charge in [0.05, 0.1) is 22.8 Å². The molecular formula is C24H19Cl3N4O2S. The summed E-state index contributed by atoms with van der Waals surface area (Å²) in [5.74, 6) is -0.506. The largest absolute Gasteiger partial charge is 0.379 e. The van der Waals surface area contributed by atoms with Gasteiger partial charge in [-0.3, -0.25) is 0 Å². The minimum atomic E-state index is -0.480. The van der Waals surface area contributed by atoms with Crippen LogP contribution in [-0.2, 0) is 16.1 Å². The van der Waals surface area contributed by atoms with Gasteiger partial charge in [0.25, 0.3) is 0 Å². The fourth-order valence-corrected chi connectivity index (χ4v) is 4.71. The number of thiophene rings is 1. The summed E-state index contributed by atoms with van der Waals surface area (Å²) in [4.78, 5) is 18.3. The Kier molecular flexibility index (Phi) is 7.58. The van der Waals surface area contributed by atoms with Gasteiger partial charge in [-0.15, -0.1) is 11.3 Å².